The van der Waals surface area contributed by atoms with Crippen LogP contribution in [0.2, 0.25) is 0 Å². The van der Waals surface area contributed by atoms with Crippen molar-refractivity contribution in [2.45, 2.75) is 19.3 Å². The first-order valence-corrected chi connectivity index (χ1v) is 16.5. The van der Waals surface area contributed by atoms with Crippen molar-refractivity contribution in [3.63, 3.8) is 0 Å². The Bertz CT molecular complexity index is 2680. The van der Waals surface area contributed by atoms with Gasteiger partial charge in [0, 0.05) is 47.6 Å². The molecular formula is C43H29NS. The maximum absolute atomic E-state index is 2.58. The van der Waals surface area contributed by atoms with Crippen LogP contribution in [-0.4, -0.2) is 4.57 Å². The van der Waals surface area contributed by atoms with Crippen LogP contribution in [0.25, 0.3) is 80.7 Å². The molecule has 7 aromatic carbocycles. The molecule has 2 aromatic heterocycles. The van der Waals surface area contributed by atoms with Crippen LogP contribution in [0.3, 0.4) is 0 Å². The van der Waals surface area contributed by atoms with E-state index in [4.69, 9.17) is 0 Å². The lowest BCUT2D eigenvalue weighted by atomic mass is 9.80. The van der Waals surface area contributed by atoms with Crippen molar-refractivity contribution in [3.05, 3.63) is 151 Å². The summed E-state index contributed by atoms with van der Waals surface area (Å²) in [4.78, 5) is 0. The molecule has 9 aromatic rings. The molecule has 1 aliphatic rings. The molecule has 1 nitrogen and oxygen atoms in total. The number of fused-ring (bicyclic) bond motifs is 13. The van der Waals surface area contributed by atoms with E-state index in [1.165, 1.54) is 91.8 Å². The Labute approximate surface area is 265 Å². The number of rotatable bonds is 2. The van der Waals surface area contributed by atoms with Crippen LogP contribution in [0, 0.1) is 0 Å². The van der Waals surface area contributed by atoms with Crippen LogP contribution in [0.4, 0.5) is 0 Å². The zero-order chi connectivity index (χ0) is 29.9. The van der Waals surface area contributed by atoms with Crippen LogP contribution in [-0.2, 0) is 5.41 Å². The summed E-state index contributed by atoms with van der Waals surface area (Å²) in [6, 6.07) is 51.9. The highest BCUT2D eigenvalue weighted by atomic mass is 32.1. The Kier molecular flexibility index (Phi) is 5.00. The number of nitrogens with zero attached hydrogens (tertiary/aromatic N) is 1. The van der Waals surface area contributed by atoms with Crippen LogP contribution in [0.1, 0.15) is 25.0 Å². The highest BCUT2D eigenvalue weighted by molar-refractivity contribution is 7.25. The number of aromatic nitrogens is 1. The predicted octanol–water partition coefficient (Wildman–Crippen LogP) is 12.3. The molecule has 0 radical (unpaired) electrons. The standard InChI is InChI=1S/C43H29NS/c1-43(2)36-20-9-7-19-34(36)42-40(43)39-32-17-5-3-14-29(32)30-15-4-6-18-33(30)41(39)44(42)28-13-11-12-26(24-28)27-22-23-38-35(25-27)31-16-8-10-21-37(31)45-38/h3-25H,1-2H3. The molecule has 0 N–H and O–H groups in total. The SMILES string of the molecule is CC1(C)c2ccccc2-c2c1c1c3ccccc3c3ccccc3c1n2-c1cccc(-c2ccc3sc4ccccc4c3c2)c1. The highest BCUT2D eigenvalue weighted by Gasteiger charge is 2.41. The monoisotopic (exact) mass is 591 g/mol. The molecule has 0 spiro atoms. The number of hydrogen-bond acceptors (Lipinski definition) is 1. The van der Waals surface area contributed by atoms with Gasteiger partial charge >= 0.3 is 0 Å². The van der Waals surface area contributed by atoms with E-state index in [1.807, 2.05) is 11.3 Å². The Hall–Kier alpha value is -5.18. The molecule has 0 aliphatic heterocycles. The van der Waals surface area contributed by atoms with Gasteiger partial charge < -0.3 is 4.57 Å². The van der Waals surface area contributed by atoms with E-state index in [1.54, 1.807) is 0 Å². The molecule has 2 heteroatoms. The summed E-state index contributed by atoms with van der Waals surface area (Å²) < 4.78 is 5.25. The van der Waals surface area contributed by atoms with Crippen LogP contribution in [0.15, 0.2) is 140 Å². The fourth-order valence-electron chi connectivity index (χ4n) is 8.17. The molecule has 0 bridgehead atoms. The molecule has 2 heterocycles. The lowest BCUT2D eigenvalue weighted by molar-refractivity contribution is 0.666. The van der Waals surface area contributed by atoms with Gasteiger partial charge in [-0.15, -0.1) is 11.3 Å². The molecule has 0 saturated heterocycles. The van der Waals surface area contributed by atoms with E-state index in [9.17, 15) is 0 Å². The van der Waals surface area contributed by atoms with Gasteiger partial charge in [0.25, 0.3) is 0 Å². The summed E-state index contributed by atoms with van der Waals surface area (Å²) in [5, 5.41) is 9.28. The van der Waals surface area contributed by atoms with Crippen LogP contribution in [0.5, 0.6) is 0 Å². The average Bonchev–Trinajstić information content (AvgIpc) is 3.72. The Morgan fingerprint density at radius 1 is 0.511 bits per heavy atom. The first-order chi connectivity index (χ1) is 22.1. The third-order valence-corrected chi connectivity index (χ3v) is 11.3. The second-order valence-corrected chi connectivity index (χ2v) is 14.0. The number of benzene rings is 7. The molecule has 10 rings (SSSR count). The minimum absolute atomic E-state index is 0.136. The van der Waals surface area contributed by atoms with Crippen molar-refractivity contribution < 1.29 is 0 Å². The van der Waals surface area contributed by atoms with Crippen molar-refractivity contribution in [2.24, 2.45) is 0 Å². The van der Waals surface area contributed by atoms with E-state index in [2.05, 4.69) is 158 Å². The zero-order valence-corrected chi connectivity index (χ0v) is 26.0. The molecule has 0 atom stereocenters. The third kappa shape index (κ3) is 3.32. The minimum Gasteiger partial charge on any atom is -0.308 e. The van der Waals surface area contributed by atoms with Crippen molar-refractivity contribution in [1.82, 2.24) is 4.57 Å². The fourth-order valence-corrected chi connectivity index (χ4v) is 9.26. The first kappa shape index (κ1) is 25.2. The molecule has 1 aliphatic carbocycles. The van der Waals surface area contributed by atoms with Crippen LogP contribution >= 0.6 is 11.3 Å². The normalized spacial score (nSPS) is 13.7. The predicted molar refractivity (Wildman–Crippen MR) is 194 cm³/mol. The van der Waals surface area contributed by atoms with Crippen molar-refractivity contribution in [3.8, 4) is 28.1 Å². The summed E-state index contributed by atoms with van der Waals surface area (Å²) in [5.41, 5.74) is 10.3. The van der Waals surface area contributed by atoms with Crippen molar-refractivity contribution in [2.75, 3.05) is 0 Å². The first-order valence-electron chi connectivity index (χ1n) is 15.7. The van der Waals surface area contributed by atoms with E-state index in [0.717, 1.165) is 0 Å². The maximum atomic E-state index is 2.58. The molecule has 212 valence electrons. The molecule has 0 fully saturated rings. The van der Waals surface area contributed by atoms with Gasteiger partial charge in [0.05, 0.1) is 11.2 Å². The Balaban J connectivity index is 1.33. The Morgan fingerprint density at radius 2 is 1.16 bits per heavy atom. The van der Waals surface area contributed by atoms with Gasteiger partial charge in [-0.25, -0.2) is 0 Å². The summed E-state index contributed by atoms with van der Waals surface area (Å²) in [5.74, 6) is 0. The van der Waals surface area contributed by atoms with Crippen molar-refractivity contribution in [1.29, 1.82) is 0 Å². The van der Waals surface area contributed by atoms with E-state index in [0.29, 0.717) is 0 Å². The third-order valence-electron chi connectivity index (χ3n) is 10.1. The maximum Gasteiger partial charge on any atom is 0.0623 e. The topological polar surface area (TPSA) is 4.93 Å². The number of hydrogen-bond donors (Lipinski definition) is 0. The van der Waals surface area contributed by atoms with E-state index >= 15 is 0 Å². The van der Waals surface area contributed by atoms with Gasteiger partial charge in [-0.3, -0.25) is 0 Å². The van der Waals surface area contributed by atoms with Gasteiger partial charge in [-0.05, 0) is 68.7 Å². The average molecular weight is 592 g/mol. The molecule has 0 amide bonds. The summed E-state index contributed by atoms with van der Waals surface area (Å²) >= 11 is 1.87. The summed E-state index contributed by atoms with van der Waals surface area (Å²) in [6.45, 7) is 4.81. The lowest BCUT2D eigenvalue weighted by Crippen LogP contribution is -2.14. The second kappa shape index (κ2) is 8.94. The van der Waals surface area contributed by atoms with Gasteiger partial charge in [0.1, 0.15) is 0 Å². The second-order valence-electron chi connectivity index (χ2n) is 12.9. The molecule has 0 unspecified atom stereocenters. The Morgan fingerprint density at radius 3 is 2.00 bits per heavy atom. The van der Waals surface area contributed by atoms with E-state index in [-0.39, 0.29) is 5.41 Å². The molecule has 45 heavy (non-hydrogen) atoms. The van der Waals surface area contributed by atoms with Gasteiger partial charge in [-0.1, -0.05) is 123 Å². The largest absolute Gasteiger partial charge is 0.308 e. The van der Waals surface area contributed by atoms with Crippen molar-refractivity contribution >= 4 is 64.0 Å². The number of thiophene rings is 1. The van der Waals surface area contributed by atoms with Gasteiger partial charge in [-0.2, -0.15) is 0 Å². The van der Waals surface area contributed by atoms with E-state index < -0.39 is 0 Å². The lowest BCUT2D eigenvalue weighted by Gasteiger charge is -2.22. The fraction of sp³-hybridized carbons (Fsp3) is 0.0698. The molecular weight excluding hydrogens is 563 g/mol. The highest BCUT2D eigenvalue weighted by Crippen LogP contribution is 2.56. The quantitative estimate of drug-likeness (QED) is 0.176. The summed E-state index contributed by atoms with van der Waals surface area (Å²) in [7, 11) is 0. The zero-order valence-electron chi connectivity index (χ0n) is 25.1. The van der Waals surface area contributed by atoms with Crippen LogP contribution < -0.4 is 0 Å². The van der Waals surface area contributed by atoms with Gasteiger partial charge in [0.15, 0.2) is 0 Å². The minimum atomic E-state index is -0.136. The summed E-state index contributed by atoms with van der Waals surface area (Å²) in [6.07, 6.45) is 0. The smallest absolute Gasteiger partial charge is 0.0623 e. The molecule has 0 saturated carbocycles. The van der Waals surface area contributed by atoms with Gasteiger partial charge in [0.2, 0.25) is 0 Å².